The monoisotopic (exact) mass is 422 g/mol. The number of amides is 2. The summed E-state index contributed by atoms with van der Waals surface area (Å²) in [5.41, 5.74) is 4.56. The van der Waals surface area contributed by atoms with Gasteiger partial charge in [0.15, 0.2) is 6.61 Å². The Morgan fingerprint density at radius 2 is 1.81 bits per heavy atom. The van der Waals surface area contributed by atoms with E-state index >= 15 is 0 Å². The number of nitrogens with zero attached hydrogens (tertiary/aromatic N) is 1. The maximum Gasteiger partial charge on any atom is 0.311 e. The van der Waals surface area contributed by atoms with Crippen LogP contribution >= 0.6 is 0 Å². The van der Waals surface area contributed by atoms with E-state index in [1.165, 1.54) is 0 Å². The van der Waals surface area contributed by atoms with Gasteiger partial charge < -0.3 is 15.0 Å². The van der Waals surface area contributed by atoms with Gasteiger partial charge in [0.2, 0.25) is 5.91 Å². The van der Waals surface area contributed by atoms with Gasteiger partial charge in [0.05, 0.1) is 5.92 Å². The third-order valence-electron chi connectivity index (χ3n) is 5.92. The highest BCUT2D eigenvalue weighted by molar-refractivity contribution is 6.00. The second-order valence-electron chi connectivity index (χ2n) is 8.20. The van der Waals surface area contributed by atoms with Crippen LogP contribution in [0.15, 0.2) is 42.5 Å². The van der Waals surface area contributed by atoms with E-state index in [4.69, 9.17) is 4.74 Å². The number of hydrogen-bond donors (Lipinski definition) is 1. The average Bonchev–Trinajstić information content (AvgIpc) is 3.15. The van der Waals surface area contributed by atoms with Crippen molar-refractivity contribution in [1.29, 1.82) is 0 Å². The zero-order valence-corrected chi connectivity index (χ0v) is 18.6. The van der Waals surface area contributed by atoms with Gasteiger partial charge in [0.1, 0.15) is 0 Å². The molecule has 2 atom stereocenters. The fraction of sp³-hybridized carbons (Fsp3) is 0.400. The molecule has 1 fully saturated rings. The molecule has 1 saturated heterocycles. The van der Waals surface area contributed by atoms with Crippen molar-refractivity contribution in [2.75, 3.05) is 23.4 Å². The Morgan fingerprint density at radius 1 is 1.13 bits per heavy atom. The molecule has 1 aliphatic heterocycles. The second-order valence-corrected chi connectivity index (χ2v) is 8.20. The van der Waals surface area contributed by atoms with Crippen LogP contribution in [0.2, 0.25) is 0 Å². The van der Waals surface area contributed by atoms with Gasteiger partial charge in [-0.3, -0.25) is 14.4 Å². The summed E-state index contributed by atoms with van der Waals surface area (Å²) >= 11 is 0. The van der Waals surface area contributed by atoms with E-state index in [1.807, 2.05) is 56.3 Å². The minimum Gasteiger partial charge on any atom is -0.455 e. The van der Waals surface area contributed by atoms with Crippen molar-refractivity contribution in [3.05, 3.63) is 59.2 Å². The molecule has 0 saturated carbocycles. The molecule has 1 N–H and O–H groups in total. The van der Waals surface area contributed by atoms with Crippen LogP contribution in [-0.4, -0.2) is 30.9 Å². The number of ether oxygens (including phenoxy) is 1. The van der Waals surface area contributed by atoms with Gasteiger partial charge in [-0.2, -0.15) is 0 Å². The molecule has 6 heteroatoms. The summed E-state index contributed by atoms with van der Waals surface area (Å²) in [4.78, 5) is 39.1. The van der Waals surface area contributed by atoms with E-state index < -0.39 is 17.8 Å². The summed E-state index contributed by atoms with van der Waals surface area (Å²) in [5, 5.41) is 2.80. The largest absolute Gasteiger partial charge is 0.455 e. The van der Waals surface area contributed by atoms with E-state index in [0.717, 1.165) is 34.5 Å². The van der Waals surface area contributed by atoms with Crippen LogP contribution in [0.3, 0.4) is 0 Å². The topological polar surface area (TPSA) is 75.7 Å². The maximum absolute atomic E-state index is 12.6. The van der Waals surface area contributed by atoms with E-state index in [2.05, 4.69) is 19.2 Å². The van der Waals surface area contributed by atoms with E-state index in [-0.39, 0.29) is 25.5 Å². The predicted octanol–water partition coefficient (Wildman–Crippen LogP) is 4.35. The van der Waals surface area contributed by atoms with Gasteiger partial charge in [0.25, 0.3) is 5.91 Å². The number of aryl methyl sites for hydroxylation is 2. The molecule has 1 heterocycles. The molecule has 0 spiro atoms. The molecule has 164 valence electrons. The fourth-order valence-electron chi connectivity index (χ4n) is 3.91. The van der Waals surface area contributed by atoms with Crippen molar-refractivity contribution in [2.24, 2.45) is 5.92 Å². The number of anilines is 2. The summed E-state index contributed by atoms with van der Waals surface area (Å²) in [6, 6.07) is 13.5. The van der Waals surface area contributed by atoms with Crippen molar-refractivity contribution in [3.8, 4) is 0 Å². The third kappa shape index (κ3) is 5.13. The number of nitrogens with one attached hydrogen (secondary N) is 1. The molecule has 0 unspecified atom stereocenters. The SMILES string of the molecule is CC[C@@H](C)c1ccccc1N1C[C@H](C(=O)OCC(=O)Nc2c(C)cccc2C)CC1=O. The Kier molecular flexibility index (Phi) is 7.10. The number of carbonyl (C=O) groups excluding carboxylic acids is 3. The first-order valence-electron chi connectivity index (χ1n) is 10.7. The number of rotatable bonds is 7. The molecule has 6 nitrogen and oxygen atoms in total. The molecule has 0 aliphatic carbocycles. The Labute approximate surface area is 183 Å². The van der Waals surface area contributed by atoms with Gasteiger partial charge in [0, 0.05) is 24.3 Å². The third-order valence-corrected chi connectivity index (χ3v) is 5.92. The number of esters is 1. The lowest BCUT2D eigenvalue weighted by Gasteiger charge is -2.23. The van der Waals surface area contributed by atoms with Crippen LogP contribution in [-0.2, 0) is 19.1 Å². The first-order chi connectivity index (χ1) is 14.8. The van der Waals surface area contributed by atoms with Gasteiger partial charge in [-0.05, 0) is 48.9 Å². The van der Waals surface area contributed by atoms with Crippen LogP contribution < -0.4 is 10.2 Å². The van der Waals surface area contributed by atoms with Crippen LogP contribution in [0.25, 0.3) is 0 Å². The molecule has 2 aromatic carbocycles. The number of carbonyl (C=O) groups is 3. The normalized spacial score (nSPS) is 16.8. The molecule has 3 rings (SSSR count). The lowest BCUT2D eigenvalue weighted by atomic mass is 9.96. The molecule has 1 aliphatic rings. The predicted molar refractivity (Wildman–Crippen MR) is 121 cm³/mol. The van der Waals surface area contributed by atoms with Crippen molar-refractivity contribution >= 4 is 29.2 Å². The Morgan fingerprint density at radius 3 is 2.48 bits per heavy atom. The van der Waals surface area contributed by atoms with Crippen molar-refractivity contribution in [1.82, 2.24) is 0 Å². The fourth-order valence-corrected chi connectivity index (χ4v) is 3.91. The van der Waals surface area contributed by atoms with Crippen LogP contribution in [0.1, 0.15) is 49.3 Å². The lowest BCUT2D eigenvalue weighted by molar-refractivity contribution is -0.151. The zero-order valence-electron chi connectivity index (χ0n) is 18.6. The van der Waals surface area contributed by atoms with Gasteiger partial charge in [-0.1, -0.05) is 50.2 Å². The van der Waals surface area contributed by atoms with Gasteiger partial charge in [-0.15, -0.1) is 0 Å². The minimum absolute atomic E-state index is 0.0895. The number of hydrogen-bond acceptors (Lipinski definition) is 4. The standard InChI is InChI=1S/C25H30N2O4/c1-5-16(2)20-11-6-7-12-21(20)27-14-19(13-23(27)29)25(30)31-15-22(28)26-24-17(3)9-8-10-18(24)4/h6-12,16,19H,5,13-15H2,1-4H3,(H,26,28)/t16-,19-/m1/s1. The molecule has 0 bridgehead atoms. The van der Waals surface area contributed by atoms with E-state index in [0.29, 0.717) is 5.92 Å². The molecule has 2 amide bonds. The maximum atomic E-state index is 12.6. The van der Waals surface area contributed by atoms with Crippen molar-refractivity contribution in [3.63, 3.8) is 0 Å². The zero-order chi connectivity index (χ0) is 22.5. The Bertz CT molecular complexity index is 965. The Balaban J connectivity index is 1.60. The number of benzene rings is 2. The van der Waals surface area contributed by atoms with Crippen molar-refractivity contribution in [2.45, 2.75) is 46.5 Å². The smallest absolute Gasteiger partial charge is 0.311 e. The lowest BCUT2D eigenvalue weighted by Crippen LogP contribution is -2.29. The highest BCUT2D eigenvalue weighted by atomic mass is 16.5. The summed E-state index contributed by atoms with van der Waals surface area (Å²) in [6.45, 7) is 7.94. The van der Waals surface area contributed by atoms with E-state index in [9.17, 15) is 14.4 Å². The average molecular weight is 423 g/mol. The molecule has 0 radical (unpaired) electrons. The summed E-state index contributed by atoms with van der Waals surface area (Å²) in [5.74, 6) is -1.28. The first kappa shape index (κ1) is 22.5. The summed E-state index contributed by atoms with van der Waals surface area (Å²) in [7, 11) is 0. The quantitative estimate of drug-likeness (QED) is 0.673. The van der Waals surface area contributed by atoms with E-state index in [1.54, 1.807) is 4.90 Å². The first-order valence-corrected chi connectivity index (χ1v) is 10.7. The van der Waals surface area contributed by atoms with Crippen molar-refractivity contribution < 1.29 is 19.1 Å². The second kappa shape index (κ2) is 9.77. The molecule has 31 heavy (non-hydrogen) atoms. The molecular formula is C25H30N2O4. The highest BCUT2D eigenvalue weighted by Gasteiger charge is 2.37. The molecule has 0 aromatic heterocycles. The van der Waals surface area contributed by atoms with Gasteiger partial charge >= 0.3 is 5.97 Å². The minimum atomic E-state index is -0.578. The summed E-state index contributed by atoms with van der Waals surface area (Å²) < 4.78 is 5.24. The van der Waals surface area contributed by atoms with Gasteiger partial charge in [-0.25, -0.2) is 0 Å². The number of para-hydroxylation sites is 2. The Hall–Kier alpha value is -3.15. The van der Waals surface area contributed by atoms with Crippen LogP contribution in [0, 0.1) is 19.8 Å². The van der Waals surface area contributed by atoms with Crippen LogP contribution in [0.4, 0.5) is 11.4 Å². The molecule has 2 aromatic rings. The molecular weight excluding hydrogens is 392 g/mol. The summed E-state index contributed by atoms with van der Waals surface area (Å²) in [6.07, 6.45) is 1.05. The van der Waals surface area contributed by atoms with Crippen LogP contribution in [0.5, 0.6) is 0 Å². The highest BCUT2D eigenvalue weighted by Crippen LogP contribution is 2.33.